The number of hydrogen-bond acceptors (Lipinski definition) is 3. The summed E-state index contributed by atoms with van der Waals surface area (Å²) in [5, 5.41) is 3.02. The van der Waals surface area contributed by atoms with Gasteiger partial charge in [0.2, 0.25) is 5.91 Å². The Balaban J connectivity index is 1.80. The van der Waals surface area contributed by atoms with Crippen molar-refractivity contribution in [3.8, 4) is 0 Å². The standard InChI is InChI=1S/C18H18FNO3/c19-15-4-1-3-14(13-15)18(8-11-22-12-9-18)20-17(21)7-6-16-5-2-10-23-16/h1-7,10,13H,8-9,11-12H2,(H,20,21). The third-order valence-corrected chi connectivity index (χ3v) is 4.03. The summed E-state index contributed by atoms with van der Waals surface area (Å²) in [5.74, 6) is 0.0493. The van der Waals surface area contributed by atoms with Crippen LogP contribution in [0.25, 0.3) is 6.08 Å². The van der Waals surface area contributed by atoms with Gasteiger partial charge in [0.05, 0.1) is 11.8 Å². The second-order valence-corrected chi connectivity index (χ2v) is 5.54. The summed E-state index contributed by atoms with van der Waals surface area (Å²) in [6.45, 7) is 1.05. The number of rotatable bonds is 4. The molecule has 120 valence electrons. The molecule has 5 heteroatoms. The maximum absolute atomic E-state index is 13.6. The van der Waals surface area contributed by atoms with Crippen molar-refractivity contribution in [2.45, 2.75) is 18.4 Å². The zero-order valence-electron chi connectivity index (χ0n) is 12.6. The van der Waals surface area contributed by atoms with Gasteiger partial charge in [-0.15, -0.1) is 0 Å². The fraction of sp³-hybridized carbons (Fsp3) is 0.278. The van der Waals surface area contributed by atoms with Crippen LogP contribution >= 0.6 is 0 Å². The first-order valence-corrected chi connectivity index (χ1v) is 7.55. The van der Waals surface area contributed by atoms with Gasteiger partial charge >= 0.3 is 0 Å². The summed E-state index contributed by atoms with van der Waals surface area (Å²) >= 11 is 0. The zero-order chi connectivity index (χ0) is 16.1. The predicted octanol–water partition coefficient (Wildman–Crippen LogP) is 3.25. The molecule has 1 N–H and O–H groups in total. The zero-order valence-corrected chi connectivity index (χ0v) is 12.6. The van der Waals surface area contributed by atoms with E-state index in [2.05, 4.69) is 5.32 Å². The van der Waals surface area contributed by atoms with Gasteiger partial charge in [0, 0.05) is 19.3 Å². The molecule has 1 saturated heterocycles. The first-order chi connectivity index (χ1) is 11.2. The molecule has 0 unspecified atom stereocenters. The fourth-order valence-corrected chi connectivity index (χ4v) is 2.81. The molecule has 1 aliphatic heterocycles. The Morgan fingerprint density at radius 3 is 2.74 bits per heavy atom. The molecule has 1 aromatic heterocycles. The van der Waals surface area contributed by atoms with Crippen LogP contribution in [0.2, 0.25) is 0 Å². The van der Waals surface area contributed by atoms with Crippen molar-refractivity contribution in [3.63, 3.8) is 0 Å². The maximum atomic E-state index is 13.6. The lowest BCUT2D eigenvalue weighted by molar-refractivity contribution is -0.119. The molecule has 0 atom stereocenters. The number of amides is 1. The average molecular weight is 315 g/mol. The van der Waals surface area contributed by atoms with Gasteiger partial charge < -0.3 is 14.5 Å². The van der Waals surface area contributed by atoms with E-state index in [1.165, 1.54) is 18.2 Å². The van der Waals surface area contributed by atoms with Crippen LogP contribution in [0.1, 0.15) is 24.2 Å². The highest BCUT2D eigenvalue weighted by molar-refractivity contribution is 5.92. The van der Waals surface area contributed by atoms with E-state index >= 15 is 0 Å². The first kappa shape index (κ1) is 15.5. The van der Waals surface area contributed by atoms with Gasteiger partial charge in [0.15, 0.2) is 0 Å². The lowest BCUT2D eigenvalue weighted by Gasteiger charge is -2.38. The second-order valence-electron chi connectivity index (χ2n) is 5.54. The van der Waals surface area contributed by atoms with Crippen molar-refractivity contribution in [1.82, 2.24) is 5.32 Å². The first-order valence-electron chi connectivity index (χ1n) is 7.55. The molecule has 1 fully saturated rings. The normalized spacial score (nSPS) is 17.3. The van der Waals surface area contributed by atoms with Gasteiger partial charge in [-0.3, -0.25) is 4.79 Å². The van der Waals surface area contributed by atoms with Crippen molar-refractivity contribution >= 4 is 12.0 Å². The molecule has 4 nitrogen and oxygen atoms in total. The van der Waals surface area contributed by atoms with Gasteiger partial charge in [0.25, 0.3) is 0 Å². The SMILES string of the molecule is O=C(C=Cc1ccco1)NC1(c2cccc(F)c2)CCOCC1. The lowest BCUT2D eigenvalue weighted by atomic mass is 9.82. The highest BCUT2D eigenvalue weighted by Crippen LogP contribution is 2.32. The van der Waals surface area contributed by atoms with Crippen LogP contribution < -0.4 is 5.32 Å². The van der Waals surface area contributed by atoms with Crippen LogP contribution in [0.5, 0.6) is 0 Å². The molecule has 2 aromatic rings. The Bertz CT molecular complexity index is 688. The Morgan fingerprint density at radius 1 is 1.22 bits per heavy atom. The van der Waals surface area contributed by atoms with E-state index in [9.17, 15) is 9.18 Å². The van der Waals surface area contributed by atoms with E-state index < -0.39 is 5.54 Å². The van der Waals surface area contributed by atoms with Crippen molar-refractivity contribution in [2.75, 3.05) is 13.2 Å². The monoisotopic (exact) mass is 315 g/mol. The van der Waals surface area contributed by atoms with E-state index in [1.807, 2.05) is 6.07 Å². The van der Waals surface area contributed by atoms with E-state index in [4.69, 9.17) is 9.15 Å². The molecule has 0 saturated carbocycles. The smallest absolute Gasteiger partial charge is 0.244 e. The summed E-state index contributed by atoms with van der Waals surface area (Å²) < 4.78 is 24.2. The molecule has 2 heterocycles. The highest BCUT2D eigenvalue weighted by Gasteiger charge is 2.35. The molecule has 1 aromatic carbocycles. The quantitative estimate of drug-likeness (QED) is 0.881. The Labute approximate surface area is 133 Å². The number of nitrogens with one attached hydrogen (secondary N) is 1. The van der Waals surface area contributed by atoms with Crippen LogP contribution in [0, 0.1) is 5.82 Å². The third-order valence-electron chi connectivity index (χ3n) is 4.03. The van der Waals surface area contributed by atoms with Crippen molar-refractivity contribution in [2.24, 2.45) is 0 Å². The number of furan rings is 1. The van der Waals surface area contributed by atoms with Gasteiger partial charge in [-0.25, -0.2) is 4.39 Å². The summed E-state index contributed by atoms with van der Waals surface area (Å²) in [6, 6.07) is 9.89. The molecule has 1 aliphatic rings. The summed E-state index contributed by atoms with van der Waals surface area (Å²) in [7, 11) is 0. The van der Waals surface area contributed by atoms with Crippen molar-refractivity contribution in [3.05, 3.63) is 65.9 Å². The molecule has 3 rings (SSSR count). The molecular weight excluding hydrogens is 297 g/mol. The van der Waals surface area contributed by atoms with Gasteiger partial charge in [-0.2, -0.15) is 0 Å². The van der Waals surface area contributed by atoms with Gasteiger partial charge in [-0.05, 0) is 48.7 Å². The highest BCUT2D eigenvalue weighted by atomic mass is 19.1. The van der Waals surface area contributed by atoms with Crippen LogP contribution in [-0.4, -0.2) is 19.1 Å². The summed E-state index contributed by atoms with van der Waals surface area (Å²) in [5.41, 5.74) is 0.158. The molecule has 0 radical (unpaired) electrons. The van der Waals surface area contributed by atoms with Crippen molar-refractivity contribution < 1.29 is 18.3 Å². The largest absolute Gasteiger partial charge is 0.465 e. The Hall–Kier alpha value is -2.40. The summed E-state index contributed by atoms with van der Waals surface area (Å²) in [6.07, 6.45) is 5.79. The van der Waals surface area contributed by atoms with E-state index in [1.54, 1.807) is 30.5 Å². The number of halogens is 1. The Morgan fingerprint density at radius 2 is 2.04 bits per heavy atom. The van der Waals surface area contributed by atoms with Crippen LogP contribution in [0.3, 0.4) is 0 Å². The molecular formula is C18H18FNO3. The third kappa shape index (κ3) is 3.68. The molecule has 23 heavy (non-hydrogen) atoms. The minimum absolute atomic E-state index is 0.243. The minimum Gasteiger partial charge on any atom is -0.465 e. The molecule has 1 amide bonds. The summed E-state index contributed by atoms with van der Waals surface area (Å²) in [4.78, 5) is 12.3. The van der Waals surface area contributed by atoms with Crippen LogP contribution in [0.4, 0.5) is 4.39 Å². The topological polar surface area (TPSA) is 51.5 Å². The fourth-order valence-electron chi connectivity index (χ4n) is 2.81. The second kappa shape index (κ2) is 6.79. The molecule has 0 aliphatic carbocycles. The number of hydrogen-bond donors (Lipinski definition) is 1. The number of benzene rings is 1. The Kier molecular flexibility index (Phi) is 4.57. The number of carbonyl (C=O) groups excluding carboxylic acids is 1. The lowest BCUT2D eigenvalue weighted by Crippen LogP contribution is -2.49. The van der Waals surface area contributed by atoms with Gasteiger partial charge in [0.1, 0.15) is 11.6 Å². The van der Waals surface area contributed by atoms with Gasteiger partial charge in [-0.1, -0.05) is 12.1 Å². The van der Waals surface area contributed by atoms with E-state index in [0.29, 0.717) is 31.8 Å². The molecule has 0 spiro atoms. The molecule has 0 bridgehead atoms. The van der Waals surface area contributed by atoms with E-state index in [-0.39, 0.29) is 11.7 Å². The van der Waals surface area contributed by atoms with Crippen LogP contribution in [-0.2, 0) is 15.1 Å². The minimum atomic E-state index is -0.606. The predicted molar refractivity (Wildman–Crippen MR) is 84.0 cm³/mol. The van der Waals surface area contributed by atoms with Crippen molar-refractivity contribution in [1.29, 1.82) is 0 Å². The number of carbonyl (C=O) groups is 1. The van der Waals surface area contributed by atoms with Crippen LogP contribution in [0.15, 0.2) is 53.2 Å². The maximum Gasteiger partial charge on any atom is 0.244 e. The number of ether oxygens (including phenoxy) is 1. The van der Waals surface area contributed by atoms with E-state index in [0.717, 1.165) is 5.56 Å². The average Bonchev–Trinajstić information content (AvgIpc) is 3.07.